The minimum atomic E-state index is 0.0626. The summed E-state index contributed by atoms with van der Waals surface area (Å²) in [5, 5.41) is 0.660. The number of aryl methyl sites for hydroxylation is 2. The second-order valence-corrected chi connectivity index (χ2v) is 6.46. The Bertz CT molecular complexity index is 944. The zero-order valence-electron chi connectivity index (χ0n) is 13.4. The van der Waals surface area contributed by atoms with Crippen LogP contribution in [0.1, 0.15) is 23.7 Å². The van der Waals surface area contributed by atoms with E-state index in [1.165, 1.54) is 0 Å². The Hall–Kier alpha value is -2.07. The summed E-state index contributed by atoms with van der Waals surface area (Å²) in [5.41, 5.74) is 3.66. The Morgan fingerprint density at radius 1 is 1.13 bits per heavy atom. The first-order valence-electron chi connectivity index (χ1n) is 7.59. The van der Waals surface area contributed by atoms with Crippen molar-refractivity contribution in [2.24, 2.45) is 0 Å². The number of fused-ring (bicyclic) bond motifs is 1. The molecule has 118 valence electrons. The van der Waals surface area contributed by atoms with E-state index >= 15 is 0 Å². The lowest BCUT2D eigenvalue weighted by atomic mass is 10.1. The van der Waals surface area contributed by atoms with E-state index in [2.05, 4.69) is 20.9 Å². The van der Waals surface area contributed by atoms with Crippen molar-refractivity contribution >= 4 is 26.8 Å². The second-order valence-electron chi connectivity index (χ2n) is 5.61. The average Bonchev–Trinajstić information content (AvgIpc) is 2.54. The van der Waals surface area contributed by atoms with Gasteiger partial charge in [-0.15, -0.1) is 0 Å². The Morgan fingerprint density at radius 2 is 1.87 bits per heavy atom. The van der Waals surface area contributed by atoms with E-state index in [1.807, 2.05) is 57.2 Å². The van der Waals surface area contributed by atoms with Gasteiger partial charge in [0.1, 0.15) is 11.5 Å². The van der Waals surface area contributed by atoms with Crippen LogP contribution in [-0.4, -0.2) is 4.98 Å². The number of hydrogen-bond donors (Lipinski definition) is 1. The summed E-state index contributed by atoms with van der Waals surface area (Å²) in [7, 11) is 0. The van der Waals surface area contributed by atoms with Crippen LogP contribution < -0.4 is 10.2 Å². The molecule has 0 saturated carbocycles. The molecule has 1 heterocycles. The Morgan fingerprint density at radius 3 is 2.57 bits per heavy atom. The molecule has 4 heteroatoms. The predicted octanol–water partition coefficient (Wildman–Crippen LogP) is 5.26. The Kier molecular flexibility index (Phi) is 4.26. The molecular formula is C19H18BrNO2. The highest BCUT2D eigenvalue weighted by Gasteiger charge is 2.12. The maximum Gasteiger partial charge on any atom is 0.192 e. The van der Waals surface area contributed by atoms with Crippen LogP contribution >= 0.6 is 15.9 Å². The molecule has 0 aliphatic rings. The van der Waals surface area contributed by atoms with Gasteiger partial charge in [-0.1, -0.05) is 19.1 Å². The van der Waals surface area contributed by atoms with E-state index in [0.717, 1.165) is 39.0 Å². The number of H-pyrrole nitrogens is 1. The molecule has 0 amide bonds. The summed E-state index contributed by atoms with van der Waals surface area (Å²) >= 11 is 3.48. The number of aromatic amines is 1. The van der Waals surface area contributed by atoms with Gasteiger partial charge in [0.25, 0.3) is 0 Å². The van der Waals surface area contributed by atoms with Crippen molar-refractivity contribution in [2.75, 3.05) is 0 Å². The standard InChI is InChI=1S/C19H18BrNO2/c1-4-15-12(3)19(22)13-10-18(11(2)9-16(13)21-15)23-17-8-6-5-7-14(17)20/h5-10H,4H2,1-3H3,(H,21,22). The van der Waals surface area contributed by atoms with Gasteiger partial charge in [-0.25, -0.2) is 0 Å². The summed E-state index contributed by atoms with van der Waals surface area (Å²) in [6.07, 6.45) is 0.811. The molecule has 0 fully saturated rings. The molecule has 1 aromatic heterocycles. The van der Waals surface area contributed by atoms with E-state index in [-0.39, 0.29) is 5.43 Å². The first-order valence-corrected chi connectivity index (χ1v) is 8.39. The molecule has 2 aromatic carbocycles. The molecule has 0 unspecified atom stereocenters. The van der Waals surface area contributed by atoms with Gasteiger partial charge in [-0.05, 0) is 66.0 Å². The molecule has 23 heavy (non-hydrogen) atoms. The molecule has 3 nitrogen and oxygen atoms in total. The molecular weight excluding hydrogens is 354 g/mol. The number of aromatic nitrogens is 1. The number of ether oxygens (including phenoxy) is 1. The van der Waals surface area contributed by atoms with Crippen molar-refractivity contribution < 1.29 is 4.74 Å². The van der Waals surface area contributed by atoms with Crippen molar-refractivity contribution in [3.63, 3.8) is 0 Å². The highest BCUT2D eigenvalue weighted by molar-refractivity contribution is 9.10. The molecule has 3 rings (SSSR count). The highest BCUT2D eigenvalue weighted by atomic mass is 79.9. The van der Waals surface area contributed by atoms with Gasteiger partial charge in [0.05, 0.1) is 9.99 Å². The molecule has 0 saturated heterocycles. The van der Waals surface area contributed by atoms with Gasteiger partial charge in [0.2, 0.25) is 0 Å². The van der Waals surface area contributed by atoms with Crippen LogP contribution in [0.15, 0.2) is 45.7 Å². The molecule has 0 spiro atoms. The fourth-order valence-electron chi connectivity index (χ4n) is 2.68. The van der Waals surface area contributed by atoms with E-state index in [1.54, 1.807) is 0 Å². The van der Waals surface area contributed by atoms with E-state index in [4.69, 9.17) is 4.74 Å². The van der Waals surface area contributed by atoms with Gasteiger partial charge < -0.3 is 9.72 Å². The van der Waals surface area contributed by atoms with Gasteiger partial charge in [0, 0.05) is 16.6 Å². The first kappa shape index (κ1) is 15.8. The summed E-state index contributed by atoms with van der Waals surface area (Å²) in [6.45, 7) is 5.89. The molecule has 0 bridgehead atoms. The molecule has 0 aliphatic carbocycles. The number of pyridine rings is 1. The third-order valence-electron chi connectivity index (χ3n) is 4.05. The van der Waals surface area contributed by atoms with Gasteiger partial charge in [0.15, 0.2) is 5.43 Å². The third kappa shape index (κ3) is 2.91. The van der Waals surface area contributed by atoms with Crippen LogP contribution in [0, 0.1) is 13.8 Å². The number of nitrogens with one attached hydrogen (secondary N) is 1. The lowest BCUT2D eigenvalue weighted by Crippen LogP contribution is -2.11. The topological polar surface area (TPSA) is 42.1 Å². The van der Waals surface area contributed by atoms with Crippen molar-refractivity contribution in [3.8, 4) is 11.5 Å². The van der Waals surface area contributed by atoms with Crippen LogP contribution in [0.3, 0.4) is 0 Å². The molecule has 0 radical (unpaired) electrons. The van der Waals surface area contributed by atoms with Crippen molar-refractivity contribution in [1.29, 1.82) is 0 Å². The number of hydrogen-bond acceptors (Lipinski definition) is 2. The fraction of sp³-hybridized carbons (Fsp3) is 0.211. The number of rotatable bonds is 3. The van der Waals surface area contributed by atoms with Crippen LogP contribution in [-0.2, 0) is 6.42 Å². The van der Waals surface area contributed by atoms with Gasteiger partial charge in [-0.3, -0.25) is 4.79 Å². The quantitative estimate of drug-likeness (QED) is 0.681. The van der Waals surface area contributed by atoms with Crippen LogP contribution in [0.5, 0.6) is 11.5 Å². The lowest BCUT2D eigenvalue weighted by molar-refractivity contribution is 0.476. The maximum absolute atomic E-state index is 12.6. The average molecular weight is 372 g/mol. The number of para-hydroxylation sites is 1. The zero-order chi connectivity index (χ0) is 16.6. The Labute approximate surface area is 143 Å². The van der Waals surface area contributed by atoms with Crippen LogP contribution in [0.4, 0.5) is 0 Å². The predicted molar refractivity (Wildman–Crippen MR) is 97.6 cm³/mol. The molecule has 0 aliphatic heterocycles. The number of benzene rings is 2. The molecule has 0 atom stereocenters. The van der Waals surface area contributed by atoms with Crippen LogP contribution in [0.25, 0.3) is 10.9 Å². The van der Waals surface area contributed by atoms with Crippen LogP contribution in [0.2, 0.25) is 0 Å². The fourth-order valence-corrected chi connectivity index (χ4v) is 3.05. The zero-order valence-corrected chi connectivity index (χ0v) is 15.0. The molecule has 3 aromatic rings. The summed E-state index contributed by atoms with van der Waals surface area (Å²) in [5.74, 6) is 1.42. The van der Waals surface area contributed by atoms with Gasteiger partial charge >= 0.3 is 0 Å². The van der Waals surface area contributed by atoms with Crippen molar-refractivity contribution in [1.82, 2.24) is 4.98 Å². The SMILES string of the molecule is CCc1[nH]c2cc(C)c(Oc3ccccc3Br)cc2c(=O)c1C. The third-order valence-corrected chi connectivity index (χ3v) is 4.70. The van der Waals surface area contributed by atoms with Crippen molar-refractivity contribution in [3.05, 3.63) is 67.9 Å². The van der Waals surface area contributed by atoms with Crippen molar-refractivity contribution in [2.45, 2.75) is 27.2 Å². The monoisotopic (exact) mass is 371 g/mol. The van der Waals surface area contributed by atoms with E-state index < -0.39 is 0 Å². The smallest absolute Gasteiger partial charge is 0.192 e. The van der Waals surface area contributed by atoms with E-state index in [0.29, 0.717) is 11.1 Å². The lowest BCUT2D eigenvalue weighted by Gasteiger charge is -2.13. The maximum atomic E-state index is 12.6. The molecule has 1 N–H and O–H groups in total. The Balaban J connectivity index is 2.16. The largest absolute Gasteiger partial charge is 0.456 e. The van der Waals surface area contributed by atoms with E-state index in [9.17, 15) is 4.79 Å². The minimum Gasteiger partial charge on any atom is -0.456 e. The highest BCUT2D eigenvalue weighted by Crippen LogP contribution is 2.32. The number of halogens is 1. The minimum absolute atomic E-state index is 0.0626. The first-order chi connectivity index (χ1) is 11.0. The summed E-state index contributed by atoms with van der Waals surface area (Å²) in [6, 6.07) is 11.5. The second kappa shape index (κ2) is 6.20. The summed E-state index contributed by atoms with van der Waals surface area (Å²) in [4.78, 5) is 16.0. The van der Waals surface area contributed by atoms with Gasteiger partial charge in [-0.2, -0.15) is 0 Å². The summed E-state index contributed by atoms with van der Waals surface area (Å²) < 4.78 is 6.88. The normalized spacial score (nSPS) is 11.0.